The first kappa shape index (κ1) is 15.0. The number of benzene rings is 2. The summed E-state index contributed by atoms with van der Waals surface area (Å²) in [5.74, 6) is 0. The number of nitrogen functional groups attached to an aromatic ring is 1. The maximum Gasteiger partial charge on any atom is 0.272 e. The predicted molar refractivity (Wildman–Crippen MR) is 83.3 cm³/mol. The van der Waals surface area contributed by atoms with E-state index in [1.165, 1.54) is 0 Å². The Kier molecular flexibility index (Phi) is 4.55. The summed E-state index contributed by atoms with van der Waals surface area (Å²) >= 11 is 0. The first-order valence-electron chi connectivity index (χ1n) is 6.66. The number of nitrogens with two attached hydrogens (primary N) is 1. The number of methoxy groups -OCH3 is 1. The molecule has 0 aliphatic rings. The fraction of sp³-hybridized carbons (Fsp3) is 0.250. The SMILES string of the molecule is COCCc1cccc(-c2ccc(C)c([N+](=O)[O-])c2)c1N. The minimum atomic E-state index is -0.371. The van der Waals surface area contributed by atoms with Crippen molar-refractivity contribution in [3.63, 3.8) is 0 Å². The zero-order valence-electron chi connectivity index (χ0n) is 12.1. The van der Waals surface area contributed by atoms with Gasteiger partial charge in [0.15, 0.2) is 0 Å². The van der Waals surface area contributed by atoms with E-state index in [1.54, 1.807) is 26.2 Å². The Morgan fingerprint density at radius 1 is 1.29 bits per heavy atom. The number of nitro groups is 1. The molecule has 0 aliphatic heterocycles. The zero-order chi connectivity index (χ0) is 15.4. The van der Waals surface area contributed by atoms with Crippen LogP contribution in [-0.2, 0) is 11.2 Å². The molecule has 0 heterocycles. The molecule has 0 atom stereocenters. The van der Waals surface area contributed by atoms with E-state index in [2.05, 4.69) is 0 Å². The molecule has 0 radical (unpaired) electrons. The van der Waals surface area contributed by atoms with Crippen molar-refractivity contribution in [2.75, 3.05) is 19.5 Å². The van der Waals surface area contributed by atoms with Gasteiger partial charge in [-0.3, -0.25) is 10.1 Å². The van der Waals surface area contributed by atoms with Gasteiger partial charge in [-0.05, 0) is 24.5 Å². The molecule has 2 N–H and O–H groups in total. The number of para-hydroxylation sites is 1. The Morgan fingerprint density at radius 3 is 2.71 bits per heavy atom. The number of hydrogen-bond acceptors (Lipinski definition) is 4. The fourth-order valence-electron chi connectivity index (χ4n) is 2.27. The van der Waals surface area contributed by atoms with E-state index < -0.39 is 0 Å². The van der Waals surface area contributed by atoms with Gasteiger partial charge in [-0.25, -0.2) is 0 Å². The van der Waals surface area contributed by atoms with E-state index in [0.717, 1.165) is 16.7 Å². The largest absolute Gasteiger partial charge is 0.398 e. The maximum atomic E-state index is 11.1. The second-order valence-electron chi connectivity index (χ2n) is 4.88. The highest BCUT2D eigenvalue weighted by Crippen LogP contribution is 2.32. The molecule has 0 spiro atoms. The second kappa shape index (κ2) is 6.37. The van der Waals surface area contributed by atoms with Crippen molar-refractivity contribution >= 4 is 11.4 Å². The molecule has 0 unspecified atom stereocenters. The van der Waals surface area contributed by atoms with E-state index in [-0.39, 0.29) is 10.6 Å². The quantitative estimate of drug-likeness (QED) is 0.519. The van der Waals surface area contributed by atoms with Crippen molar-refractivity contribution in [2.24, 2.45) is 0 Å². The summed E-state index contributed by atoms with van der Waals surface area (Å²) < 4.78 is 5.07. The van der Waals surface area contributed by atoms with Crippen LogP contribution in [0.5, 0.6) is 0 Å². The predicted octanol–water partition coefficient (Wildman–Crippen LogP) is 3.34. The molecule has 0 bridgehead atoms. The van der Waals surface area contributed by atoms with Crippen molar-refractivity contribution in [3.8, 4) is 11.1 Å². The summed E-state index contributed by atoms with van der Waals surface area (Å²) in [7, 11) is 1.64. The summed E-state index contributed by atoms with van der Waals surface area (Å²) in [6.07, 6.45) is 0.712. The number of nitrogens with zero attached hydrogens (tertiary/aromatic N) is 1. The zero-order valence-corrected chi connectivity index (χ0v) is 12.1. The first-order chi connectivity index (χ1) is 10.0. The van der Waals surface area contributed by atoms with Gasteiger partial charge >= 0.3 is 0 Å². The Labute approximate surface area is 123 Å². The highest BCUT2D eigenvalue weighted by atomic mass is 16.6. The first-order valence-corrected chi connectivity index (χ1v) is 6.66. The lowest BCUT2D eigenvalue weighted by Crippen LogP contribution is -2.01. The number of hydrogen-bond donors (Lipinski definition) is 1. The van der Waals surface area contributed by atoms with Gasteiger partial charge < -0.3 is 10.5 Å². The Balaban J connectivity index is 2.47. The van der Waals surface area contributed by atoms with Gasteiger partial charge in [0.1, 0.15) is 0 Å². The molecule has 2 rings (SSSR count). The van der Waals surface area contributed by atoms with Crippen molar-refractivity contribution in [2.45, 2.75) is 13.3 Å². The number of anilines is 1. The van der Waals surface area contributed by atoms with E-state index in [1.807, 2.05) is 24.3 Å². The molecule has 110 valence electrons. The van der Waals surface area contributed by atoms with Gasteiger partial charge in [-0.15, -0.1) is 0 Å². The molecule has 5 nitrogen and oxygen atoms in total. The van der Waals surface area contributed by atoms with E-state index in [9.17, 15) is 10.1 Å². The molecule has 0 saturated heterocycles. The average Bonchev–Trinajstić information content (AvgIpc) is 2.47. The van der Waals surface area contributed by atoms with Crippen LogP contribution in [-0.4, -0.2) is 18.6 Å². The lowest BCUT2D eigenvalue weighted by Gasteiger charge is -2.11. The van der Waals surface area contributed by atoms with Crippen LogP contribution >= 0.6 is 0 Å². The molecule has 0 amide bonds. The molecule has 0 saturated carbocycles. The topological polar surface area (TPSA) is 78.4 Å². The Bertz CT molecular complexity index is 669. The van der Waals surface area contributed by atoms with Crippen LogP contribution in [0.25, 0.3) is 11.1 Å². The van der Waals surface area contributed by atoms with E-state index in [4.69, 9.17) is 10.5 Å². The normalized spacial score (nSPS) is 10.6. The fourth-order valence-corrected chi connectivity index (χ4v) is 2.27. The van der Waals surface area contributed by atoms with Gasteiger partial charge in [0.2, 0.25) is 0 Å². The van der Waals surface area contributed by atoms with Crippen LogP contribution in [0.1, 0.15) is 11.1 Å². The highest BCUT2D eigenvalue weighted by Gasteiger charge is 2.14. The van der Waals surface area contributed by atoms with Crippen LogP contribution in [0.4, 0.5) is 11.4 Å². The van der Waals surface area contributed by atoms with Crippen LogP contribution in [0.2, 0.25) is 0 Å². The summed E-state index contributed by atoms with van der Waals surface area (Å²) in [6, 6.07) is 10.9. The molecule has 0 aliphatic carbocycles. The maximum absolute atomic E-state index is 11.1. The number of aryl methyl sites for hydroxylation is 1. The van der Waals surface area contributed by atoms with Crippen molar-refractivity contribution in [1.29, 1.82) is 0 Å². The number of rotatable bonds is 5. The molecule has 2 aromatic rings. The minimum absolute atomic E-state index is 0.106. The Morgan fingerprint density at radius 2 is 2.05 bits per heavy atom. The number of ether oxygens (including phenoxy) is 1. The third-order valence-corrected chi connectivity index (χ3v) is 3.49. The third kappa shape index (κ3) is 3.20. The molecule has 5 heteroatoms. The van der Waals surface area contributed by atoms with Crippen molar-refractivity contribution in [1.82, 2.24) is 0 Å². The lowest BCUT2D eigenvalue weighted by molar-refractivity contribution is -0.385. The summed E-state index contributed by atoms with van der Waals surface area (Å²) in [5.41, 5.74) is 10.1. The number of nitro benzene ring substituents is 1. The van der Waals surface area contributed by atoms with Gasteiger partial charge in [0, 0.05) is 30.0 Å². The molecular formula is C16H18N2O3. The summed E-state index contributed by atoms with van der Waals surface area (Å²) in [5, 5.41) is 11.1. The standard InChI is InChI=1S/C16H18N2O3/c1-11-6-7-13(10-15(11)18(19)20)14-5-3-4-12(16(14)17)8-9-21-2/h3-7,10H,8-9,17H2,1-2H3. The minimum Gasteiger partial charge on any atom is -0.398 e. The third-order valence-electron chi connectivity index (χ3n) is 3.49. The summed E-state index contributed by atoms with van der Waals surface area (Å²) in [6.45, 7) is 2.31. The lowest BCUT2D eigenvalue weighted by atomic mass is 9.97. The summed E-state index contributed by atoms with van der Waals surface area (Å²) in [4.78, 5) is 10.7. The average molecular weight is 286 g/mol. The molecule has 21 heavy (non-hydrogen) atoms. The van der Waals surface area contributed by atoms with Crippen molar-refractivity contribution in [3.05, 3.63) is 57.6 Å². The smallest absolute Gasteiger partial charge is 0.272 e. The molecule has 0 aromatic heterocycles. The van der Waals surface area contributed by atoms with Gasteiger partial charge in [-0.2, -0.15) is 0 Å². The van der Waals surface area contributed by atoms with Crippen LogP contribution in [0.15, 0.2) is 36.4 Å². The second-order valence-corrected chi connectivity index (χ2v) is 4.88. The highest BCUT2D eigenvalue weighted by molar-refractivity contribution is 5.80. The van der Waals surface area contributed by atoms with Crippen LogP contribution in [0.3, 0.4) is 0 Å². The van der Waals surface area contributed by atoms with E-state index in [0.29, 0.717) is 24.3 Å². The molecule has 0 fully saturated rings. The van der Waals surface area contributed by atoms with Gasteiger partial charge in [-0.1, -0.05) is 30.3 Å². The van der Waals surface area contributed by atoms with Gasteiger partial charge in [0.05, 0.1) is 11.5 Å². The van der Waals surface area contributed by atoms with Crippen LogP contribution in [0, 0.1) is 17.0 Å². The van der Waals surface area contributed by atoms with E-state index >= 15 is 0 Å². The van der Waals surface area contributed by atoms with Gasteiger partial charge in [0.25, 0.3) is 5.69 Å². The molecular weight excluding hydrogens is 268 g/mol. The molecule has 2 aromatic carbocycles. The Hall–Kier alpha value is -2.40. The van der Waals surface area contributed by atoms with Crippen molar-refractivity contribution < 1.29 is 9.66 Å². The van der Waals surface area contributed by atoms with Crippen LogP contribution < -0.4 is 5.73 Å². The monoisotopic (exact) mass is 286 g/mol.